The van der Waals surface area contributed by atoms with Crippen molar-refractivity contribution in [2.24, 2.45) is 11.7 Å². The van der Waals surface area contributed by atoms with E-state index in [1.54, 1.807) is 24.9 Å². The van der Waals surface area contributed by atoms with Crippen molar-refractivity contribution in [3.8, 4) is 11.1 Å². The summed E-state index contributed by atoms with van der Waals surface area (Å²) in [6.07, 6.45) is 4.15. The first-order chi connectivity index (χ1) is 13.8. The largest absolute Gasteiger partial charge is 0.341 e. The molecule has 0 radical (unpaired) electrons. The van der Waals surface area contributed by atoms with Crippen molar-refractivity contribution in [2.45, 2.75) is 32.7 Å². The highest BCUT2D eigenvalue weighted by Gasteiger charge is 2.35. The number of hydrogen-bond acceptors (Lipinski definition) is 4. The van der Waals surface area contributed by atoms with Crippen molar-refractivity contribution in [1.29, 1.82) is 0 Å². The minimum absolute atomic E-state index is 0.0959. The molecule has 1 fully saturated rings. The van der Waals surface area contributed by atoms with Gasteiger partial charge in [-0.15, -0.1) is 0 Å². The summed E-state index contributed by atoms with van der Waals surface area (Å²) >= 11 is 0. The Balaban J connectivity index is 1.91. The van der Waals surface area contributed by atoms with Gasteiger partial charge in [0.05, 0.1) is 11.5 Å². The molecule has 1 saturated heterocycles. The predicted octanol–water partition coefficient (Wildman–Crippen LogP) is 2.34. The standard InChI is InChI=1S/C23H30N4O2/c1-4-26-12-13-27(22(29)23(2,3)24)16-19(21(26)28)14-17-8-5-6-10-20(17)18-9-7-11-25-15-18/h5-11,15,19H,4,12-14,16,24H2,1-3H3/t19-/m0/s1. The van der Waals surface area contributed by atoms with E-state index in [2.05, 4.69) is 17.1 Å². The van der Waals surface area contributed by atoms with Gasteiger partial charge < -0.3 is 15.5 Å². The van der Waals surface area contributed by atoms with Crippen LogP contribution in [0.5, 0.6) is 0 Å². The molecule has 3 rings (SSSR count). The summed E-state index contributed by atoms with van der Waals surface area (Å²) in [6, 6.07) is 12.0. The quantitative estimate of drug-likeness (QED) is 0.844. The maximum Gasteiger partial charge on any atom is 0.242 e. The molecule has 2 amide bonds. The number of pyridine rings is 1. The molecular weight excluding hydrogens is 364 g/mol. The van der Waals surface area contributed by atoms with Crippen molar-refractivity contribution in [3.63, 3.8) is 0 Å². The molecule has 0 bridgehead atoms. The fraction of sp³-hybridized carbons (Fsp3) is 0.435. The Kier molecular flexibility index (Phi) is 6.33. The van der Waals surface area contributed by atoms with Crippen LogP contribution in [0, 0.1) is 5.92 Å². The van der Waals surface area contributed by atoms with Gasteiger partial charge in [-0.3, -0.25) is 14.6 Å². The van der Waals surface area contributed by atoms with Gasteiger partial charge >= 0.3 is 0 Å². The predicted molar refractivity (Wildman–Crippen MR) is 114 cm³/mol. The number of nitrogens with zero attached hydrogens (tertiary/aromatic N) is 3. The molecule has 2 N–H and O–H groups in total. The van der Waals surface area contributed by atoms with Crippen molar-refractivity contribution in [1.82, 2.24) is 14.8 Å². The third kappa shape index (κ3) is 4.82. The molecule has 1 aliphatic rings. The van der Waals surface area contributed by atoms with Gasteiger partial charge in [-0.05, 0) is 44.4 Å². The lowest BCUT2D eigenvalue weighted by Crippen LogP contribution is -2.52. The lowest BCUT2D eigenvalue weighted by molar-refractivity contribution is -0.136. The molecule has 6 heteroatoms. The molecule has 1 aromatic heterocycles. The molecule has 1 atom stereocenters. The highest BCUT2D eigenvalue weighted by molar-refractivity contribution is 5.87. The van der Waals surface area contributed by atoms with Crippen LogP contribution in [0.3, 0.4) is 0 Å². The second kappa shape index (κ2) is 8.74. The van der Waals surface area contributed by atoms with Crippen LogP contribution in [-0.4, -0.2) is 58.3 Å². The summed E-state index contributed by atoms with van der Waals surface area (Å²) < 4.78 is 0. The first-order valence-corrected chi connectivity index (χ1v) is 10.2. The van der Waals surface area contributed by atoms with Gasteiger partial charge in [0.1, 0.15) is 0 Å². The number of amides is 2. The lowest BCUT2D eigenvalue weighted by atomic mass is 9.91. The van der Waals surface area contributed by atoms with Crippen LogP contribution in [0.2, 0.25) is 0 Å². The number of rotatable bonds is 5. The van der Waals surface area contributed by atoms with Crippen molar-refractivity contribution in [2.75, 3.05) is 26.2 Å². The van der Waals surface area contributed by atoms with Crippen molar-refractivity contribution >= 4 is 11.8 Å². The molecule has 1 aliphatic heterocycles. The van der Waals surface area contributed by atoms with E-state index in [4.69, 9.17) is 5.73 Å². The van der Waals surface area contributed by atoms with Crippen LogP contribution in [0.25, 0.3) is 11.1 Å². The molecule has 0 unspecified atom stereocenters. The van der Waals surface area contributed by atoms with E-state index in [1.807, 2.05) is 42.3 Å². The molecule has 1 aromatic carbocycles. The molecular formula is C23H30N4O2. The molecule has 29 heavy (non-hydrogen) atoms. The monoisotopic (exact) mass is 394 g/mol. The smallest absolute Gasteiger partial charge is 0.242 e. The first kappa shape index (κ1) is 21.0. The van der Waals surface area contributed by atoms with Gasteiger partial charge in [0, 0.05) is 44.1 Å². The number of benzene rings is 1. The van der Waals surface area contributed by atoms with Gasteiger partial charge in [-0.25, -0.2) is 0 Å². The minimum Gasteiger partial charge on any atom is -0.341 e. The molecule has 2 aromatic rings. The Morgan fingerprint density at radius 1 is 1.21 bits per heavy atom. The summed E-state index contributed by atoms with van der Waals surface area (Å²) in [6.45, 7) is 7.48. The minimum atomic E-state index is -0.956. The van der Waals surface area contributed by atoms with Crippen LogP contribution in [0.4, 0.5) is 0 Å². The second-order valence-corrected chi connectivity index (χ2v) is 8.19. The SMILES string of the molecule is CCN1CCN(C(=O)C(C)(C)N)C[C@H](Cc2ccccc2-c2cccnc2)C1=O. The van der Waals surface area contributed by atoms with Gasteiger partial charge in [0.15, 0.2) is 0 Å². The van der Waals surface area contributed by atoms with Crippen molar-refractivity contribution < 1.29 is 9.59 Å². The zero-order valence-corrected chi connectivity index (χ0v) is 17.5. The average molecular weight is 395 g/mol. The van der Waals surface area contributed by atoms with Crippen LogP contribution in [0.1, 0.15) is 26.3 Å². The van der Waals surface area contributed by atoms with Crippen molar-refractivity contribution in [3.05, 3.63) is 54.4 Å². The van der Waals surface area contributed by atoms with E-state index in [1.165, 1.54) is 0 Å². The Hall–Kier alpha value is -2.73. The molecule has 154 valence electrons. The molecule has 2 heterocycles. The van der Waals surface area contributed by atoms with E-state index in [0.717, 1.165) is 16.7 Å². The van der Waals surface area contributed by atoms with E-state index < -0.39 is 5.54 Å². The molecule has 6 nitrogen and oxygen atoms in total. The van der Waals surface area contributed by atoms with Crippen LogP contribution in [0.15, 0.2) is 48.8 Å². The van der Waals surface area contributed by atoms with Gasteiger partial charge in [0.2, 0.25) is 11.8 Å². The molecule has 0 aliphatic carbocycles. The van der Waals surface area contributed by atoms with E-state index >= 15 is 0 Å². The number of carbonyl (C=O) groups is 2. The van der Waals surface area contributed by atoms with Crippen LogP contribution >= 0.6 is 0 Å². The Bertz CT molecular complexity index is 861. The fourth-order valence-corrected chi connectivity index (χ4v) is 3.87. The molecule has 0 saturated carbocycles. The van der Waals surface area contributed by atoms with E-state index in [0.29, 0.717) is 32.6 Å². The number of likely N-dealkylation sites (N-methyl/N-ethyl adjacent to an activating group) is 1. The topological polar surface area (TPSA) is 79.5 Å². The summed E-state index contributed by atoms with van der Waals surface area (Å²) in [5.74, 6) is -0.325. The Morgan fingerprint density at radius 3 is 2.62 bits per heavy atom. The highest BCUT2D eigenvalue weighted by atomic mass is 16.2. The summed E-state index contributed by atoms with van der Waals surface area (Å²) in [5, 5.41) is 0. The lowest BCUT2D eigenvalue weighted by Gasteiger charge is -2.29. The fourth-order valence-electron chi connectivity index (χ4n) is 3.87. The van der Waals surface area contributed by atoms with Crippen LogP contribution in [-0.2, 0) is 16.0 Å². The number of carbonyl (C=O) groups excluding carboxylic acids is 2. The first-order valence-electron chi connectivity index (χ1n) is 10.2. The van der Waals surface area contributed by atoms with E-state index in [-0.39, 0.29) is 17.7 Å². The highest BCUT2D eigenvalue weighted by Crippen LogP contribution is 2.27. The maximum atomic E-state index is 13.2. The zero-order valence-electron chi connectivity index (χ0n) is 17.5. The van der Waals surface area contributed by atoms with Gasteiger partial charge in [-0.1, -0.05) is 30.3 Å². The third-order valence-electron chi connectivity index (χ3n) is 5.42. The maximum absolute atomic E-state index is 13.2. The average Bonchev–Trinajstić information content (AvgIpc) is 2.87. The normalized spacial score (nSPS) is 17.9. The number of hydrogen-bond donors (Lipinski definition) is 1. The summed E-state index contributed by atoms with van der Waals surface area (Å²) in [7, 11) is 0. The van der Waals surface area contributed by atoms with Crippen LogP contribution < -0.4 is 5.73 Å². The zero-order chi connectivity index (χ0) is 21.0. The second-order valence-electron chi connectivity index (χ2n) is 8.19. The number of nitrogens with two attached hydrogens (primary N) is 1. The number of aromatic nitrogens is 1. The Morgan fingerprint density at radius 2 is 1.97 bits per heavy atom. The van der Waals surface area contributed by atoms with E-state index in [9.17, 15) is 9.59 Å². The molecule has 0 spiro atoms. The third-order valence-corrected chi connectivity index (χ3v) is 5.42. The summed E-state index contributed by atoms with van der Waals surface area (Å²) in [4.78, 5) is 33.8. The summed E-state index contributed by atoms with van der Waals surface area (Å²) in [5.41, 5.74) is 8.28. The van der Waals surface area contributed by atoms with Gasteiger partial charge in [-0.2, -0.15) is 0 Å². The Labute approximate surface area is 172 Å². The van der Waals surface area contributed by atoms with Gasteiger partial charge in [0.25, 0.3) is 0 Å².